The Labute approximate surface area is 285 Å². The molecule has 0 N–H and O–H groups in total. The highest BCUT2D eigenvalue weighted by molar-refractivity contribution is 6.36. The summed E-state index contributed by atoms with van der Waals surface area (Å²) in [5, 5.41) is 0.867. The average Bonchev–Trinajstić information content (AvgIpc) is 3.67. The highest BCUT2D eigenvalue weighted by atomic mass is 35.5. The van der Waals surface area contributed by atoms with Crippen LogP contribution < -0.4 is 0 Å². The lowest BCUT2D eigenvalue weighted by Gasteiger charge is -2.25. The van der Waals surface area contributed by atoms with Crippen molar-refractivity contribution in [3.05, 3.63) is 156 Å². The Bertz CT molecular complexity index is 2090. The summed E-state index contributed by atoms with van der Waals surface area (Å²) in [4.78, 5) is 49.1. The van der Waals surface area contributed by atoms with E-state index in [1.165, 1.54) is 6.33 Å². The van der Waals surface area contributed by atoms with E-state index < -0.39 is 42.4 Å². The van der Waals surface area contributed by atoms with Gasteiger partial charge in [-0.25, -0.2) is 24.4 Å². The molecular formula is C38H28ClN3O7. The maximum atomic E-state index is 13.6. The average molecular weight is 674 g/mol. The van der Waals surface area contributed by atoms with E-state index in [1.54, 1.807) is 102 Å². The molecule has 7 rings (SSSR count). The molecule has 1 aliphatic rings. The zero-order chi connectivity index (χ0) is 33.7. The minimum absolute atomic E-state index is 0.272. The molecule has 11 heteroatoms. The van der Waals surface area contributed by atoms with Crippen LogP contribution in [0.3, 0.4) is 0 Å². The second kappa shape index (κ2) is 14.1. The molecule has 0 unspecified atom stereocenters. The summed E-state index contributed by atoms with van der Waals surface area (Å²) in [5.41, 5.74) is 2.67. The third-order valence-electron chi connectivity index (χ3n) is 8.06. The van der Waals surface area contributed by atoms with Crippen LogP contribution in [0.1, 0.15) is 37.3 Å². The quantitative estimate of drug-likeness (QED) is 0.119. The molecule has 3 heterocycles. The predicted molar refractivity (Wildman–Crippen MR) is 180 cm³/mol. The van der Waals surface area contributed by atoms with Crippen LogP contribution >= 0.6 is 11.6 Å². The molecule has 49 heavy (non-hydrogen) atoms. The van der Waals surface area contributed by atoms with Crippen LogP contribution in [-0.2, 0) is 18.9 Å². The standard InChI is InChI=1S/C38H28ClN3O7/c39-28-21-42(34-30(28)31(40-23-41-34)24-13-5-1-6-14-24)35-33(49-38(45)27-19-11-4-12-20-27)32(48-37(44)26-17-9-3-10-18-26)29(47-35)22-46-36(43)25-15-7-2-8-16-25/h1-21,23,29,32-33,35H,22H2/t29-,32-,33-,35-/m1/s1. The number of carbonyl (C=O) groups excluding carboxylic acids is 3. The van der Waals surface area contributed by atoms with Gasteiger partial charge in [-0.3, -0.25) is 0 Å². The molecule has 0 aliphatic carbocycles. The molecule has 0 amide bonds. The van der Waals surface area contributed by atoms with Gasteiger partial charge < -0.3 is 23.5 Å². The number of aromatic nitrogens is 3. The fourth-order valence-corrected chi connectivity index (χ4v) is 6.01. The highest BCUT2D eigenvalue weighted by Gasteiger charge is 2.52. The van der Waals surface area contributed by atoms with E-state index in [-0.39, 0.29) is 17.7 Å². The lowest BCUT2D eigenvalue weighted by molar-refractivity contribution is -0.0604. The van der Waals surface area contributed by atoms with Crippen LogP contribution in [0.25, 0.3) is 22.3 Å². The Morgan fingerprint density at radius 2 is 1.18 bits per heavy atom. The highest BCUT2D eigenvalue weighted by Crippen LogP contribution is 2.40. The number of esters is 3. The molecule has 4 aromatic carbocycles. The summed E-state index contributed by atoms with van der Waals surface area (Å²) in [5.74, 6) is -1.96. The van der Waals surface area contributed by atoms with E-state index in [4.69, 9.17) is 30.5 Å². The van der Waals surface area contributed by atoms with Crippen molar-refractivity contribution >= 4 is 40.5 Å². The number of ether oxygens (including phenoxy) is 4. The largest absolute Gasteiger partial charge is 0.459 e. The second-order valence-corrected chi connectivity index (χ2v) is 11.6. The van der Waals surface area contributed by atoms with Crippen molar-refractivity contribution in [2.45, 2.75) is 24.5 Å². The molecule has 0 spiro atoms. The number of benzene rings is 4. The SMILES string of the molecule is O=C(OC[C@H]1O[C@@H](n2cc(Cl)c3c(-c4ccccc4)ncnc32)[C@H](OC(=O)c2ccccc2)[C@@H]1OC(=O)c1ccccc1)c1ccccc1. The van der Waals surface area contributed by atoms with Crippen molar-refractivity contribution < 1.29 is 33.3 Å². The van der Waals surface area contributed by atoms with Gasteiger partial charge in [0.1, 0.15) is 24.7 Å². The third kappa shape index (κ3) is 6.64. The molecule has 10 nitrogen and oxygen atoms in total. The van der Waals surface area contributed by atoms with Crippen LogP contribution in [0.4, 0.5) is 0 Å². The van der Waals surface area contributed by atoms with Crippen LogP contribution in [0.2, 0.25) is 5.02 Å². The normalized spacial score (nSPS) is 18.6. The molecule has 6 aromatic rings. The Hall–Kier alpha value is -5.84. The van der Waals surface area contributed by atoms with Gasteiger partial charge in [-0.15, -0.1) is 0 Å². The summed E-state index contributed by atoms with van der Waals surface area (Å²) in [7, 11) is 0. The number of rotatable bonds is 9. The van der Waals surface area contributed by atoms with E-state index in [0.29, 0.717) is 27.3 Å². The Balaban J connectivity index is 1.30. The Morgan fingerprint density at radius 1 is 0.673 bits per heavy atom. The summed E-state index contributed by atoms with van der Waals surface area (Å²) in [6.45, 7) is -0.326. The summed E-state index contributed by atoms with van der Waals surface area (Å²) < 4.78 is 26.0. The maximum absolute atomic E-state index is 13.6. The zero-order valence-corrected chi connectivity index (χ0v) is 26.6. The van der Waals surface area contributed by atoms with Gasteiger partial charge in [-0.2, -0.15) is 0 Å². The minimum atomic E-state index is -1.23. The topological polar surface area (TPSA) is 119 Å². The van der Waals surface area contributed by atoms with Gasteiger partial charge >= 0.3 is 17.9 Å². The summed E-state index contributed by atoms with van der Waals surface area (Å²) >= 11 is 6.85. The first-order valence-corrected chi connectivity index (χ1v) is 15.8. The van der Waals surface area contributed by atoms with Gasteiger partial charge in [-0.1, -0.05) is 96.5 Å². The van der Waals surface area contributed by atoms with Crippen LogP contribution in [0, 0.1) is 0 Å². The number of carbonyl (C=O) groups is 3. The minimum Gasteiger partial charge on any atom is -0.459 e. The molecule has 0 saturated carbocycles. The molecule has 0 bridgehead atoms. The van der Waals surface area contributed by atoms with Crippen LogP contribution in [-0.4, -0.2) is 57.4 Å². The van der Waals surface area contributed by atoms with Gasteiger partial charge in [0, 0.05) is 11.8 Å². The first kappa shape index (κ1) is 31.7. The van der Waals surface area contributed by atoms with Crippen molar-refractivity contribution in [1.29, 1.82) is 0 Å². The number of halogens is 1. The summed E-state index contributed by atoms with van der Waals surface area (Å²) in [6.07, 6.45) is -1.62. The van der Waals surface area contributed by atoms with Crippen LogP contribution in [0.5, 0.6) is 0 Å². The van der Waals surface area contributed by atoms with Gasteiger partial charge in [-0.05, 0) is 36.4 Å². The van der Waals surface area contributed by atoms with Gasteiger partial charge in [0.15, 0.2) is 18.4 Å². The van der Waals surface area contributed by atoms with E-state index in [2.05, 4.69) is 9.97 Å². The molecule has 1 saturated heterocycles. The number of hydrogen-bond acceptors (Lipinski definition) is 9. The van der Waals surface area contributed by atoms with Crippen molar-refractivity contribution in [1.82, 2.24) is 14.5 Å². The second-order valence-electron chi connectivity index (χ2n) is 11.2. The lowest BCUT2D eigenvalue weighted by Crippen LogP contribution is -2.41. The number of nitrogens with zero attached hydrogens (tertiary/aromatic N) is 3. The smallest absolute Gasteiger partial charge is 0.338 e. The van der Waals surface area contributed by atoms with Gasteiger partial charge in [0.25, 0.3) is 0 Å². The summed E-state index contributed by atoms with van der Waals surface area (Å²) in [6, 6.07) is 34.7. The van der Waals surface area contributed by atoms with E-state index in [9.17, 15) is 14.4 Å². The van der Waals surface area contributed by atoms with E-state index in [1.807, 2.05) is 30.3 Å². The third-order valence-corrected chi connectivity index (χ3v) is 8.35. The van der Waals surface area contributed by atoms with Crippen molar-refractivity contribution in [2.24, 2.45) is 0 Å². The first-order valence-electron chi connectivity index (χ1n) is 15.4. The van der Waals surface area contributed by atoms with Gasteiger partial charge in [0.2, 0.25) is 0 Å². The molecule has 0 radical (unpaired) electrons. The molecule has 2 aromatic heterocycles. The van der Waals surface area contributed by atoms with E-state index >= 15 is 0 Å². The number of hydrogen-bond donors (Lipinski definition) is 0. The fourth-order valence-electron chi connectivity index (χ4n) is 5.73. The monoisotopic (exact) mass is 673 g/mol. The molecule has 244 valence electrons. The molecule has 4 atom stereocenters. The van der Waals surface area contributed by atoms with E-state index in [0.717, 1.165) is 5.56 Å². The zero-order valence-electron chi connectivity index (χ0n) is 25.8. The van der Waals surface area contributed by atoms with Crippen molar-refractivity contribution in [3.8, 4) is 11.3 Å². The van der Waals surface area contributed by atoms with Crippen molar-refractivity contribution in [2.75, 3.05) is 6.61 Å². The van der Waals surface area contributed by atoms with Crippen molar-refractivity contribution in [3.63, 3.8) is 0 Å². The van der Waals surface area contributed by atoms with Gasteiger partial charge in [0.05, 0.1) is 32.8 Å². The first-order chi connectivity index (χ1) is 24.0. The molecule has 1 fully saturated rings. The molecular weight excluding hydrogens is 646 g/mol. The molecule has 1 aliphatic heterocycles. The van der Waals surface area contributed by atoms with Crippen LogP contribution in [0.15, 0.2) is 134 Å². The fraction of sp³-hybridized carbons (Fsp3) is 0.132. The number of fused-ring (bicyclic) bond motifs is 1. The Kier molecular flexibility index (Phi) is 9.14. The Morgan fingerprint density at radius 3 is 1.76 bits per heavy atom. The lowest BCUT2D eigenvalue weighted by atomic mass is 10.1. The maximum Gasteiger partial charge on any atom is 0.338 e. The predicted octanol–water partition coefficient (Wildman–Crippen LogP) is 6.96.